The molecule has 0 spiro atoms. The second-order valence-electron chi connectivity index (χ2n) is 5.60. The van der Waals surface area contributed by atoms with E-state index in [-0.39, 0.29) is 18.7 Å². The first-order chi connectivity index (χ1) is 7.69. The molecule has 3 nitrogen and oxygen atoms in total. The Morgan fingerprint density at radius 3 is 2.50 bits per heavy atom. The van der Waals surface area contributed by atoms with Crippen LogP contribution in [0.2, 0.25) is 0 Å². The van der Waals surface area contributed by atoms with Crippen LogP contribution in [0.4, 0.5) is 0 Å². The number of hydrogen-bond donors (Lipinski definition) is 2. The molecule has 0 amide bonds. The summed E-state index contributed by atoms with van der Waals surface area (Å²) in [5.41, 5.74) is 6.29. The Morgan fingerprint density at radius 1 is 1.31 bits per heavy atom. The van der Waals surface area contributed by atoms with Gasteiger partial charge in [-0.05, 0) is 44.9 Å². The molecule has 2 rings (SSSR count). The summed E-state index contributed by atoms with van der Waals surface area (Å²) in [5.74, 6) is 0.669. The van der Waals surface area contributed by atoms with Crippen LogP contribution in [0.5, 0.6) is 0 Å². The summed E-state index contributed by atoms with van der Waals surface area (Å²) in [6.07, 6.45) is 6.23. The summed E-state index contributed by atoms with van der Waals surface area (Å²) in [6, 6.07) is 1.60. The normalized spacial score (nSPS) is 35.2. The zero-order chi connectivity index (χ0) is 11.7. The number of aliphatic hydroxyl groups excluding tert-OH is 1. The molecule has 1 saturated heterocycles. The minimum Gasteiger partial charge on any atom is -0.395 e. The molecule has 3 heteroatoms. The van der Waals surface area contributed by atoms with Gasteiger partial charge in [0, 0.05) is 24.2 Å². The van der Waals surface area contributed by atoms with Crippen LogP contribution in [0.1, 0.15) is 46.0 Å². The Labute approximate surface area is 99.0 Å². The van der Waals surface area contributed by atoms with Crippen molar-refractivity contribution in [1.29, 1.82) is 0 Å². The van der Waals surface area contributed by atoms with E-state index in [4.69, 9.17) is 5.73 Å². The molecule has 1 saturated carbocycles. The minimum absolute atomic E-state index is 0.180. The van der Waals surface area contributed by atoms with E-state index < -0.39 is 0 Å². The zero-order valence-corrected chi connectivity index (χ0v) is 10.6. The smallest absolute Gasteiger partial charge is 0.0602 e. The maximum absolute atomic E-state index is 9.64. The van der Waals surface area contributed by atoms with E-state index in [2.05, 4.69) is 18.7 Å². The highest BCUT2D eigenvalue weighted by Crippen LogP contribution is 2.37. The summed E-state index contributed by atoms with van der Waals surface area (Å²) >= 11 is 0. The molecule has 1 aliphatic carbocycles. The topological polar surface area (TPSA) is 49.5 Å². The van der Waals surface area contributed by atoms with Gasteiger partial charge in [0.1, 0.15) is 0 Å². The molecule has 0 aromatic heterocycles. The lowest BCUT2D eigenvalue weighted by Gasteiger charge is -2.38. The van der Waals surface area contributed by atoms with Crippen molar-refractivity contribution >= 4 is 0 Å². The number of rotatable bonds is 5. The fourth-order valence-electron chi connectivity index (χ4n) is 3.31. The quantitative estimate of drug-likeness (QED) is 0.744. The number of aliphatic hydroxyl groups is 1. The first-order valence-corrected chi connectivity index (χ1v) is 6.82. The van der Waals surface area contributed by atoms with Crippen LogP contribution < -0.4 is 5.73 Å². The van der Waals surface area contributed by atoms with E-state index in [9.17, 15) is 5.11 Å². The summed E-state index contributed by atoms with van der Waals surface area (Å²) < 4.78 is 0. The van der Waals surface area contributed by atoms with Gasteiger partial charge in [0.25, 0.3) is 0 Å². The molecule has 0 radical (unpaired) electrons. The molecule has 4 unspecified atom stereocenters. The van der Waals surface area contributed by atoms with Crippen LogP contribution in [0.3, 0.4) is 0 Å². The van der Waals surface area contributed by atoms with Crippen molar-refractivity contribution in [3.63, 3.8) is 0 Å². The van der Waals surface area contributed by atoms with Crippen LogP contribution in [0.15, 0.2) is 0 Å². The molecule has 2 aliphatic rings. The fraction of sp³-hybridized carbons (Fsp3) is 1.00. The molecule has 4 atom stereocenters. The third-order valence-corrected chi connectivity index (χ3v) is 4.50. The summed E-state index contributed by atoms with van der Waals surface area (Å²) in [6.45, 7) is 4.74. The Morgan fingerprint density at radius 2 is 2.00 bits per heavy atom. The molecule has 2 fully saturated rings. The van der Waals surface area contributed by atoms with Crippen LogP contribution in [0.25, 0.3) is 0 Å². The Kier molecular flexibility index (Phi) is 3.88. The number of nitrogens with two attached hydrogens (primary N) is 1. The Hall–Kier alpha value is -0.120. The average molecular weight is 226 g/mol. The van der Waals surface area contributed by atoms with Crippen molar-refractivity contribution in [2.24, 2.45) is 11.7 Å². The van der Waals surface area contributed by atoms with E-state index in [0.717, 1.165) is 0 Å². The summed E-state index contributed by atoms with van der Waals surface area (Å²) in [7, 11) is 0. The van der Waals surface area contributed by atoms with Crippen LogP contribution in [-0.4, -0.2) is 40.8 Å². The van der Waals surface area contributed by atoms with Crippen molar-refractivity contribution in [2.75, 3.05) is 6.61 Å². The van der Waals surface area contributed by atoms with E-state index in [1.165, 1.54) is 32.1 Å². The van der Waals surface area contributed by atoms with Gasteiger partial charge in [-0.15, -0.1) is 0 Å². The molecule has 1 heterocycles. The third kappa shape index (κ3) is 2.27. The molecule has 1 aliphatic heterocycles. The average Bonchev–Trinajstić information content (AvgIpc) is 3.06. The van der Waals surface area contributed by atoms with E-state index in [1.54, 1.807) is 0 Å². The van der Waals surface area contributed by atoms with E-state index in [0.29, 0.717) is 18.0 Å². The predicted molar refractivity (Wildman–Crippen MR) is 66.2 cm³/mol. The molecular formula is C13H26N2O. The van der Waals surface area contributed by atoms with Crippen molar-refractivity contribution < 1.29 is 5.11 Å². The molecule has 94 valence electrons. The number of nitrogens with zero attached hydrogens (tertiary/aromatic N) is 1. The molecule has 0 aromatic rings. The van der Waals surface area contributed by atoms with Crippen LogP contribution in [-0.2, 0) is 0 Å². The van der Waals surface area contributed by atoms with Gasteiger partial charge in [-0.2, -0.15) is 0 Å². The summed E-state index contributed by atoms with van der Waals surface area (Å²) in [4.78, 5) is 2.50. The second kappa shape index (κ2) is 5.03. The van der Waals surface area contributed by atoms with Gasteiger partial charge in [0.15, 0.2) is 0 Å². The monoisotopic (exact) mass is 226 g/mol. The van der Waals surface area contributed by atoms with Gasteiger partial charge < -0.3 is 10.8 Å². The molecule has 16 heavy (non-hydrogen) atoms. The van der Waals surface area contributed by atoms with Gasteiger partial charge in [0.05, 0.1) is 6.61 Å². The Bertz CT molecular complexity index is 230. The highest BCUT2D eigenvalue weighted by molar-refractivity contribution is 4.98. The van der Waals surface area contributed by atoms with Crippen LogP contribution in [0, 0.1) is 5.92 Å². The molecular weight excluding hydrogens is 200 g/mol. The van der Waals surface area contributed by atoms with Crippen molar-refractivity contribution in [3.8, 4) is 0 Å². The van der Waals surface area contributed by atoms with Gasteiger partial charge in [-0.1, -0.05) is 6.92 Å². The third-order valence-electron chi connectivity index (χ3n) is 4.50. The van der Waals surface area contributed by atoms with Gasteiger partial charge >= 0.3 is 0 Å². The minimum atomic E-state index is 0.180. The Balaban J connectivity index is 2.05. The second-order valence-corrected chi connectivity index (χ2v) is 5.60. The number of hydrogen-bond acceptors (Lipinski definition) is 3. The molecule has 3 N–H and O–H groups in total. The lowest BCUT2D eigenvalue weighted by atomic mass is 10.0. The van der Waals surface area contributed by atoms with Crippen molar-refractivity contribution in [2.45, 2.75) is 70.1 Å². The first kappa shape index (κ1) is 12.3. The largest absolute Gasteiger partial charge is 0.395 e. The van der Waals surface area contributed by atoms with Gasteiger partial charge in [0.2, 0.25) is 0 Å². The zero-order valence-electron chi connectivity index (χ0n) is 10.6. The SMILES string of the molecule is CCC1CCC(C)N1C(CO)C(N)C1CC1. The maximum atomic E-state index is 9.64. The van der Waals surface area contributed by atoms with Gasteiger partial charge in [-0.25, -0.2) is 0 Å². The van der Waals surface area contributed by atoms with Crippen molar-refractivity contribution in [1.82, 2.24) is 4.90 Å². The highest BCUT2D eigenvalue weighted by Gasteiger charge is 2.41. The number of likely N-dealkylation sites (tertiary alicyclic amines) is 1. The molecule has 0 bridgehead atoms. The summed E-state index contributed by atoms with van der Waals surface area (Å²) in [5, 5.41) is 9.64. The first-order valence-electron chi connectivity index (χ1n) is 6.82. The predicted octanol–water partition coefficient (Wildman–Crippen LogP) is 1.35. The highest BCUT2D eigenvalue weighted by atomic mass is 16.3. The van der Waals surface area contributed by atoms with Crippen LogP contribution >= 0.6 is 0 Å². The van der Waals surface area contributed by atoms with E-state index >= 15 is 0 Å². The lowest BCUT2D eigenvalue weighted by Crippen LogP contribution is -2.54. The maximum Gasteiger partial charge on any atom is 0.0602 e. The van der Waals surface area contributed by atoms with Gasteiger partial charge in [-0.3, -0.25) is 4.90 Å². The van der Waals surface area contributed by atoms with Crippen molar-refractivity contribution in [3.05, 3.63) is 0 Å². The fourth-order valence-corrected chi connectivity index (χ4v) is 3.31. The standard InChI is InChI=1S/C13H26N2O/c1-3-11-7-4-9(2)15(11)12(8-16)13(14)10-5-6-10/h9-13,16H,3-8,14H2,1-2H3. The lowest BCUT2D eigenvalue weighted by molar-refractivity contribution is 0.0608. The molecule has 0 aromatic carbocycles. The van der Waals surface area contributed by atoms with E-state index in [1.807, 2.05) is 0 Å².